The highest BCUT2D eigenvalue weighted by Crippen LogP contribution is 2.33. The molecule has 3 heterocycles. The van der Waals surface area contributed by atoms with Gasteiger partial charge in [-0.3, -0.25) is 14.6 Å². The van der Waals surface area contributed by atoms with Crippen LogP contribution in [0.4, 0.5) is 0 Å². The summed E-state index contributed by atoms with van der Waals surface area (Å²) in [6, 6.07) is 11.2. The van der Waals surface area contributed by atoms with E-state index in [2.05, 4.69) is 22.1 Å². The first-order chi connectivity index (χ1) is 15.9. The van der Waals surface area contributed by atoms with Gasteiger partial charge in [0.1, 0.15) is 12.0 Å². The number of likely N-dealkylation sites (tertiary alicyclic amines) is 1. The second-order valence-corrected chi connectivity index (χ2v) is 9.46. The fourth-order valence-electron chi connectivity index (χ4n) is 3.84. The number of thioether (sulfide) groups is 1. The summed E-state index contributed by atoms with van der Waals surface area (Å²) in [6.45, 7) is 3.32. The number of aryl methyl sites for hydroxylation is 1. The molecule has 2 atom stereocenters. The van der Waals surface area contributed by atoms with Crippen molar-refractivity contribution in [1.29, 1.82) is 0 Å². The maximum absolute atomic E-state index is 13.0. The third kappa shape index (κ3) is 5.48. The number of hydrogen-bond donors (Lipinski definition) is 0. The fourth-order valence-corrected chi connectivity index (χ4v) is 4.75. The Bertz CT molecular complexity index is 1150. The van der Waals surface area contributed by atoms with Crippen molar-refractivity contribution in [1.82, 2.24) is 24.6 Å². The van der Waals surface area contributed by atoms with Crippen LogP contribution in [-0.4, -0.2) is 62.6 Å². The second kappa shape index (κ2) is 10.3. The number of benzene rings is 1. The zero-order valence-corrected chi connectivity index (χ0v) is 19.8. The maximum atomic E-state index is 13.0. The van der Waals surface area contributed by atoms with Crippen molar-refractivity contribution >= 4 is 23.5 Å². The number of pyridine rings is 1. The monoisotopic (exact) mass is 465 g/mol. The van der Waals surface area contributed by atoms with Gasteiger partial charge in [-0.15, -0.1) is 10.2 Å². The Labute approximate surface area is 197 Å². The molecule has 1 aliphatic rings. The van der Waals surface area contributed by atoms with Crippen LogP contribution in [0.1, 0.15) is 50.6 Å². The van der Waals surface area contributed by atoms with Crippen LogP contribution >= 0.6 is 11.8 Å². The van der Waals surface area contributed by atoms with Crippen molar-refractivity contribution < 1.29 is 14.3 Å². The Hall–Kier alpha value is -3.04. The number of amides is 1. The van der Waals surface area contributed by atoms with E-state index in [1.165, 1.54) is 6.20 Å². The maximum Gasteiger partial charge on any atom is 0.254 e. The average Bonchev–Trinajstić information content (AvgIpc) is 3.48. The molecule has 1 amide bonds. The Morgan fingerprint density at radius 3 is 2.85 bits per heavy atom. The first kappa shape index (κ1) is 23.1. The van der Waals surface area contributed by atoms with Crippen molar-refractivity contribution in [2.24, 2.45) is 7.05 Å². The first-order valence-electron chi connectivity index (χ1n) is 10.9. The SMILES string of the molecule is CO[C@@H]1CCN(C(=O)c2ccnc(C(=O)Cc3cccc([C@H](C)Sc4nncn4C)c3)c2)C1. The number of carbonyl (C=O) groups excluding carboxylic acids is 2. The number of ether oxygens (including phenoxy) is 1. The smallest absolute Gasteiger partial charge is 0.254 e. The summed E-state index contributed by atoms with van der Waals surface area (Å²) in [5, 5.41) is 9.03. The molecule has 2 aromatic heterocycles. The van der Waals surface area contributed by atoms with E-state index in [0.717, 1.165) is 22.7 Å². The van der Waals surface area contributed by atoms with Crippen LogP contribution in [0.3, 0.4) is 0 Å². The molecule has 1 fully saturated rings. The van der Waals surface area contributed by atoms with E-state index in [4.69, 9.17) is 4.74 Å². The van der Waals surface area contributed by atoms with Crippen LogP contribution in [0, 0.1) is 0 Å². The molecule has 0 bridgehead atoms. The second-order valence-electron chi connectivity index (χ2n) is 8.16. The van der Waals surface area contributed by atoms with Gasteiger partial charge >= 0.3 is 0 Å². The van der Waals surface area contributed by atoms with Gasteiger partial charge in [-0.2, -0.15) is 0 Å². The predicted molar refractivity (Wildman–Crippen MR) is 125 cm³/mol. The highest BCUT2D eigenvalue weighted by atomic mass is 32.2. The Kier molecular flexibility index (Phi) is 7.20. The van der Waals surface area contributed by atoms with E-state index >= 15 is 0 Å². The summed E-state index contributed by atoms with van der Waals surface area (Å²) in [6.07, 6.45) is 4.31. The topological polar surface area (TPSA) is 90.2 Å². The number of carbonyl (C=O) groups is 2. The van der Waals surface area contributed by atoms with Crippen LogP contribution < -0.4 is 0 Å². The van der Waals surface area contributed by atoms with Gasteiger partial charge in [0.05, 0.1) is 6.10 Å². The lowest BCUT2D eigenvalue weighted by Crippen LogP contribution is -2.30. The molecule has 3 aromatic rings. The van der Waals surface area contributed by atoms with Gasteiger partial charge in [0.25, 0.3) is 5.91 Å². The van der Waals surface area contributed by atoms with Crippen molar-refractivity contribution in [2.45, 2.75) is 36.3 Å². The van der Waals surface area contributed by atoms with Gasteiger partial charge in [-0.25, -0.2) is 0 Å². The molecule has 9 heteroatoms. The minimum Gasteiger partial charge on any atom is -0.380 e. The van der Waals surface area contributed by atoms with Gasteiger partial charge in [-0.1, -0.05) is 36.0 Å². The lowest BCUT2D eigenvalue weighted by molar-refractivity contribution is 0.0724. The molecule has 1 aromatic carbocycles. The highest BCUT2D eigenvalue weighted by molar-refractivity contribution is 7.99. The lowest BCUT2D eigenvalue weighted by atomic mass is 10.0. The van der Waals surface area contributed by atoms with Crippen molar-refractivity contribution in [3.63, 3.8) is 0 Å². The molecule has 0 spiro atoms. The molecular formula is C24H27N5O3S. The van der Waals surface area contributed by atoms with Crippen molar-refractivity contribution in [2.75, 3.05) is 20.2 Å². The zero-order valence-electron chi connectivity index (χ0n) is 19.0. The number of Topliss-reactive ketones (excluding diaryl/α,β-unsaturated/α-hetero) is 1. The average molecular weight is 466 g/mol. The standard InChI is InChI=1S/C24H27N5O3S/c1-16(33-24-27-26-15-28(24)2)18-6-4-5-17(11-18)12-22(30)21-13-19(7-9-25-21)23(31)29-10-8-20(14-29)32-3/h4-7,9,11,13,15-16,20H,8,10,12,14H2,1-3H3/t16-,20+/m0/s1. The molecule has 0 N–H and O–H groups in total. The minimum absolute atomic E-state index is 0.0680. The summed E-state index contributed by atoms with van der Waals surface area (Å²) in [5.74, 6) is -0.214. The number of ketones is 1. The van der Waals surface area contributed by atoms with Gasteiger partial charge < -0.3 is 14.2 Å². The molecular weight excluding hydrogens is 438 g/mol. The van der Waals surface area contributed by atoms with Crippen molar-refractivity contribution in [3.8, 4) is 0 Å². The summed E-state index contributed by atoms with van der Waals surface area (Å²) >= 11 is 1.61. The number of aromatic nitrogens is 4. The number of methoxy groups -OCH3 is 1. The largest absolute Gasteiger partial charge is 0.380 e. The van der Waals surface area contributed by atoms with E-state index in [-0.39, 0.29) is 29.5 Å². The molecule has 33 heavy (non-hydrogen) atoms. The molecule has 0 aliphatic carbocycles. The van der Waals surface area contributed by atoms with Gasteiger partial charge in [0.15, 0.2) is 10.9 Å². The summed E-state index contributed by atoms with van der Waals surface area (Å²) in [4.78, 5) is 31.8. The molecule has 1 saturated heterocycles. The molecule has 1 aliphatic heterocycles. The number of nitrogens with zero attached hydrogens (tertiary/aromatic N) is 5. The predicted octanol–water partition coefficient (Wildman–Crippen LogP) is 3.35. The third-order valence-electron chi connectivity index (χ3n) is 5.80. The van der Waals surface area contributed by atoms with Crippen LogP contribution in [0.15, 0.2) is 54.1 Å². The molecule has 172 valence electrons. The zero-order chi connectivity index (χ0) is 23.4. The molecule has 4 rings (SSSR count). The van der Waals surface area contributed by atoms with Crippen LogP contribution in [0.25, 0.3) is 0 Å². The third-order valence-corrected chi connectivity index (χ3v) is 7.00. The molecule has 8 nitrogen and oxygen atoms in total. The van der Waals surface area contributed by atoms with Crippen LogP contribution in [-0.2, 0) is 18.2 Å². The van der Waals surface area contributed by atoms with Gasteiger partial charge in [-0.05, 0) is 36.6 Å². The minimum atomic E-state index is -0.119. The highest BCUT2D eigenvalue weighted by Gasteiger charge is 2.27. The van der Waals surface area contributed by atoms with E-state index in [1.54, 1.807) is 42.2 Å². The van der Waals surface area contributed by atoms with Crippen LogP contribution in [0.2, 0.25) is 0 Å². The molecule has 0 radical (unpaired) electrons. The summed E-state index contributed by atoms with van der Waals surface area (Å²) in [7, 11) is 3.57. The Balaban J connectivity index is 1.43. The first-order valence-corrected chi connectivity index (χ1v) is 11.7. The normalized spacial score (nSPS) is 16.7. The molecule has 0 unspecified atom stereocenters. The van der Waals surface area contributed by atoms with E-state index in [1.807, 2.05) is 35.9 Å². The quantitative estimate of drug-likeness (QED) is 0.372. The lowest BCUT2D eigenvalue weighted by Gasteiger charge is -2.16. The molecule has 0 saturated carbocycles. The number of hydrogen-bond acceptors (Lipinski definition) is 7. The van der Waals surface area contributed by atoms with E-state index < -0.39 is 0 Å². The Morgan fingerprint density at radius 2 is 2.12 bits per heavy atom. The summed E-state index contributed by atoms with van der Waals surface area (Å²) < 4.78 is 7.23. The summed E-state index contributed by atoms with van der Waals surface area (Å²) in [5.41, 5.74) is 2.79. The van der Waals surface area contributed by atoms with E-state index in [0.29, 0.717) is 24.3 Å². The fraction of sp³-hybridized carbons (Fsp3) is 0.375. The van der Waals surface area contributed by atoms with Crippen LogP contribution in [0.5, 0.6) is 0 Å². The van der Waals surface area contributed by atoms with Crippen molar-refractivity contribution in [3.05, 3.63) is 71.3 Å². The van der Waals surface area contributed by atoms with Gasteiger partial charge in [0.2, 0.25) is 0 Å². The van der Waals surface area contributed by atoms with Gasteiger partial charge in [0, 0.05) is 50.7 Å². The Morgan fingerprint density at radius 1 is 1.27 bits per heavy atom. The number of rotatable bonds is 8. The van der Waals surface area contributed by atoms with E-state index in [9.17, 15) is 9.59 Å².